The van der Waals surface area contributed by atoms with Gasteiger partial charge in [-0.2, -0.15) is 5.26 Å². The van der Waals surface area contributed by atoms with E-state index in [-0.39, 0.29) is 5.92 Å². The zero-order chi connectivity index (χ0) is 13.8. The molecule has 1 aromatic rings. The van der Waals surface area contributed by atoms with E-state index in [2.05, 4.69) is 56.1 Å². The van der Waals surface area contributed by atoms with E-state index in [0.29, 0.717) is 6.04 Å². The lowest BCUT2D eigenvalue weighted by Crippen LogP contribution is -2.41. The molecule has 19 heavy (non-hydrogen) atoms. The SMILES string of the molecule is Cc1cccc(CN(C)C2CC(C)CCC2C#N)c1. The van der Waals surface area contributed by atoms with E-state index in [1.54, 1.807) is 0 Å². The lowest BCUT2D eigenvalue weighted by Gasteiger charge is -2.37. The summed E-state index contributed by atoms with van der Waals surface area (Å²) < 4.78 is 0. The molecular weight excluding hydrogens is 232 g/mol. The Morgan fingerprint density at radius 1 is 1.37 bits per heavy atom. The van der Waals surface area contributed by atoms with Crippen molar-refractivity contribution < 1.29 is 0 Å². The molecule has 0 bridgehead atoms. The first-order chi connectivity index (χ1) is 9.10. The molecule has 0 radical (unpaired) electrons. The van der Waals surface area contributed by atoms with Crippen molar-refractivity contribution in [1.82, 2.24) is 4.90 Å². The smallest absolute Gasteiger partial charge is 0.0672 e. The Balaban J connectivity index is 2.05. The zero-order valence-corrected chi connectivity index (χ0v) is 12.3. The molecule has 0 saturated heterocycles. The van der Waals surface area contributed by atoms with E-state index in [9.17, 15) is 5.26 Å². The third kappa shape index (κ3) is 3.58. The van der Waals surface area contributed by atoms with Crippen molar-refractivity contribution >= 4 is 0 Å². The quantitative estimate of drug-likeness (QED) is 0.823. The van der Waals surface area contributed by atoms with Gasteiger partial charge in [0.1, 0.15) is 0 Å². The summed E-state index contributed by atoms with van der Waals surface area (Å²) in [5.74, 6) is 0.945. The Morgan fingerprint density at radius 2 is 2.16 bits per heavy atom. The number of benzene rings is 1. The van der Waals surface area contributed by atoms with Crippen LogP contribution in [0, 0.1) is 30.1 Å². The van der Waals surface area contributed by atoms with E-state index in [1.165, 1.54) is 17.5 Å². The Morgan fingerprint density at radius 3 is 2.84 bits per heavy atom. The fourth-order valence-corrected chi connectivity index (χ4v) is 3.20. The molecule has 1 fully saturated rings. The normalized spacial score (nSPS) is 27.2. The van der Waals surface area contributed by atoms with Crippen LogP contribution in [0.15, 0.2) is 24.3 Å². The van der Waals surface area contributed by atoms with Gasteiger partial charge in [0.25, 0.3) is 0 Å². The van der Waals surface area contributed by atoms with Gasteiger partial charge in [0.05, 0.1) is 12.0 Å². The van der Waals surface area contributed by atoms with Gasteiger partial charge in [-0.25, -0.2) is 0 Å². The topological polar surface area (TPSA) is 27.0 Å². The minimum atomic E-state index is 0.200. The molecular formula is C17H24N2. The molecule has 3 unspecified atom stereocenters. The average molecular weight is 256 g/mol. The molecule has 2 nitrogen and oxygen atoms in total. The van der Waals surface area contributed by atoms with Crippen molar-refractivity contribution in [3.05, 3.63) is 35.4 Å². The lowest BCUT2D eigenvalue weighted by molar-refractivity contribution is 0.125. The predicted octanol–water partition coefficient (Wildman–Crippen LogP) is 3.76. The van der Waals surface area contributed by atoms with Crippen LogP contribution >= 0.6 is 0 Å². The molecule has 0 spiro atoms. The lowest BCUT2D eigenvalue weighted by atomic mass is 9.79. The van der Waals surface area contributed by atoms with Crippen LogP contribution in [0.4, 0.5) is 0 Å². The van der Waals surface area contributed by atoms with Crippen LogP contribution in [0.3, 0.4) is 0 Å². The van der Waals surface area contributed by atoms with Crippen LogP contribution in [0.5, 0.6) is 0 Å². The molecule has 1 saturated carbocycles. The average Bonchev–Trinajstić information content (AvgIpc) is 2.38. The molecule has 1 aromatic carbocycles. The van der Waals surface area contributed by atoms with Gasteiger partial charge in [0, 0.05) is 12.6 Å². The number of hydrogen-bond acceptors (Lipinski definition) is 2. The Bertz CT molecular complexity index is 461. The summed E-state index contributed by atoms with van der Waals surface area (Å²) >= 11 is 0. The Hall–Kier alpha value is -1.33. The molecule has 2 rings (SSSR count). The van der Waals surface area contributed by atoms with Crippen molar-refractivity contribution in [3.8, 4) is 6.07 Å². The van der Waals surface area contributed by atoms with Gasteiger partial charge in [-0.1, -0.05) is 36.8 Å². The van der Waals surface area contributed by atoms with Crippen LogP contribution in [0.1, 0.15) is 37.3 Å². The fraction of sp³-hybridized carbons (Fsp3) is 0.588. The number of nitrogens with zero attached hydrogens (tertiary/aromatic N) is 2. The van der Waals surface area contributed by atoms with Gasteiger partial charge in [-0.05, 0) is 44.7 Å². The fourth-order valence-electron chi connectivity index (χ4n) is 3.20. The second-order valence-corrected chi connectivity index (χ2v) is 6.13. The van der Waals surface area contributed by atoms with E-state index in [0.717, 1.165) is 25.3 Å². The summed E-state index contributed by atoms with van der Waals surface area (Å²) in [6, 6.07) is 11.6. The van der Waals surface area contributed by atoms with Crippen molar-refractivity contribution in [1.29, 1.82) is 5.26 Å². The monoisotopic (exact) mass is 256 g/mol. The van der Waals surface area contributed by atoms with Gasteiger partial charge in [-0.15, -0.1) is 0 Å². The van der Waals surface area contributed by atoms with Crippen LogP contribution in [0.25, 0.3) is 0 Å². The first-order valence-electron chi connectivity index (χ1n) is 7.25. The maximum atomic E-state index is 9.33. The maximum absolute atomic E-state index is 9.33. The highest BCUT2D eigenvalue weighted by atomic mass is 15.1. The summed E-state index contributed by atoms with van der Waals surface area (Å²) in [6.45, 7) is 5.38. The highest BCUT2D eigenvalue weighted by Gasteiger charge is 2.31. The third-order valence-electron chi connectivity index (χ3n) is 4.33. The van der Waals surface area contributed by atoms with E-state index < -0.39 is 0 Å². The van der Waals surface area contributed by atoms with E-state index in [1.807, 2.05) is 0 Å². The van der Waals surface area contributed by atoms with Gasteiger partial charge >= 0.3 is 0 Å². The molecule has 0 heterocycles. The summed E-state index contributed by atoms with van der Waals surface area (Å²) in [5, 5.41) is 9.33. The molecule has 102 valence electrons. The highest BCUT2D eigenvalue weighted by Crippen LogP contribution is 2.31. The molecule has 2 heteroatoms. The largest absolute Gasteiger partial charge is 0.298 e. The number of hydrogen-bond donors (Lipinski definition) is 0. The minimum Gasteiger partial charge on any atom is -0.298 e. The second kappa shape index (κ2) is 6.21. The zero-order valence-electron chi connectivity index (χ0n) is 12.3. The van der Waals surface area contributed by atoms with Crippen LogP contribution in [0.2, 0.25) is 0 Å². The first-order valence-corrected chi connectivity index (χ1v) is 7.25. The molecule has 0 amide bonds. The summed E-state index contributed by atoms with van der Waals surface area (Å²) in [4.78, 5) is 2.37. The van der Waals surface area contributed by atoms with Gasteiger partial charge < -0.3 is 0 Å². The van der Waals surface area contributed by atoms with Gasteiger partial charge in [0.2, 0.25) is 0 Å². The Kier molecular flexibility index (Phi) is 4.61. The molecule has 1 aliphatic rings. The van der Waals surface area contributed by atoms with Crippen LogP contribution in [-0.4, -0.2) is 18.0 Å². The number of aryl methyl sites for hydroxylation is 1. The van der Waals surface area contributed by atoms with Crippen LogP contribution < -0.4 is 0 Å². The van der Waals surface area contributed by atoms with Crippen LogP contribution in [-0.2, 0) is 6.54 Å². The minimum absolute atomic E-state index is 0.200. The Labute approximate surface area is 117 Å². The van der Waals surface area contributed by atoms with Crippen molar-refractivity contribution in [3.63, 3.8) is 0 Å². The highest BCUT2D eigenvalue weighted by molar-refractivity contribution is 5.22. The number of nitriles is 1. The second-order valence-electron chi connectivity index (χ2n) is 6.13. The van der Waals surface area contributed by atoms with Crippen molar-refractivity contribution in [2.75, 3.05) is 7.05 Å². The predicted molar refractivity (Wildman–Crippen MR) is 78.6 cm³/mol. The maximum Gasteiger partial charge on any atom is 0.0672 e. The van der Waals surface area contributed by atoms with Gasteiger partial charge in [0.15, 0.2) is 0 Å². The molecule has 3 atom stereocenters. The third-order valence-corrected chi connectivity index (χ3v) is 4.33. The molecule has 0 aromatic heterocycles. The summed E-state index contributed by atoms with van der Waals surface area (Å²) in [5.41, 5.74) is 2.65. The van der Waals surface area contributed by atoms with E-state index in [4.69, 9.17) is 0 Å². The first kappa shape index (κ1) is 14.1. The number of rotatable bonds is 3. The molecule has 1 aliphatic carbocycles. The van der Waals surface area contributed by atoms with E-state index >= 15 is 0 Å². The molecule has 0 aliphatic heterocycles. The molecule has 0 N–H and O–H groups in total. The van der Waals surface area contributed by atoms with Crippen molar-refractivity contribution in [2.45, 2.75) is 45.7 Å². The summed E-state index contributed by atoms with van der Waals surface area (Å²) in [6.07, 6.45) is 3.41. The van der Waals surface area contributed by atoms with Gasteiger partial charge in [-0.3, -0.25) is 4.90 Å². The van der Waals surface area contributed by atoms with Crippen molar-refractivity contribution in [2.24, 2.45) is 11.8 Å². The standard InChI is InChI=1S/C17H24N2/c1-13-5-4-6-15(9-13)12-19(3)17-10-14(2)7-8-16(17)11-18/h4-6,9,14,16-17H,7-8,10,12H2,1-3H3. The summed E-state index contributed by atoms with van der Waals surface area (Å²) in [7, 11) is 2.16.